The molecule has 0 spiro atoms. The predicted molar refractivity (Wildman–Crippen MR) is 83.4 cm³/mol. The second kappa shape index (κ2) is 5.93. The average molecular weight is 302 g/mol. The minimum absolute atomic E-state index is 0.320. The topological polar surface area (TPSA) is 63.4 Å². The Balaban J connectivity index is 2.06. The van der Waals surface area contributed by atoms with Crippen LogP contribution < -0.4 is 5.73 Å². The molecule has 2 fully saturated rings. The van der Waals surface area contributed by atoms with Gasteiger partial charge in [0, 0.05) is 19.1 Å². The van der Waals surface area contributed by atoms with Gasteiger partial charge in [-0.15, -0.1) is 0 Å². The van der Waals surface area contributed by atoms with Crippen LogP contribution >= 0.6 is 0 Å². The van der Waals surface area contributed by atoms with Crippen LogP contribution in [0.3, 0.4) is 0 Å². The zero-order chi connectivity index (χ0) is 15.0. The van der Waals surface area contributed by atoms with Gasteiger partial charge in [0.1, 0.15) is 0 Å². The van der Waals surface area contributed by atoms with E-state index in [1.807, 2.05) is 0 Å². The number of hydrogen-bond acceptors (Lipinski definition) is 4. The third-order valence-corrected chi connectivity index (χ3v) is 6.94. The van der Waals surface area contributed by atoms with Crippen molar-refractivity contribution in [3.8, 4) is 0 Å². The molecule has 1 aliphatic carbocycles. The molecule has 0 aromatic rings. The zero-order valence-electron chi connectivity index (χ0n) is 13.1. The van der Waals surface area contributed by atoms with Crippen LogP contribution in [0.1, 0.15) is 40.0 Å². The molecule has 5 heteroatoms. The summed E-state index contributed by atoms with van der Waals surface area (Å²) in [5.74, 6) is 1.89. The molecular formula is C15H30N2O2S. The van der Waals surface area contributed by atoms with E-state index in [9.17, 15) is 8.42 Å². The standard InChI is InChI=1S/C15H30N2O2S/c1-15(2,3)13-5-4-12(11-16)14(10-13)17-6-8-20(18,19)9-7-17/h12-14H,4-11,16H2,1-3H3. The largest absolute Gasteiger partial charge is 0.330 e. The first-order valence-electron chi connectivity index (χ1n) is 7.87. The lowest BCUT2D eigenvalue weighted by Crippen LogP contribution is -2.53. The van der Waals surface area contributed by atoms with E-state index in [4.69, 9.17) is 5.73 Å². The van der Waals surface area contributed by atoms with Crippen LogP contribution in [0.4, 0.5) is 0 Å². The van der Waals surface area contributed by atoms with Crippen molar-refractivity contribution < 1.29 is 8.42 Å². The number of nitrogens with zero attached hydrogens (tertiary/aromatic N) is 1. The quantitative estimate of drug-likeness (QED) is 0.840. The van der Waals surface area contributed by atoms with Crippen molar-refractivity contribution in [3.05, 3.63) is 0 Å². The van der Waals surface area contributed by atoms with Gasteiger partial charge in [0.25, 0.3) is 0 Å². The molecule has 2 rings (SSSR count). The number of nitrogens with two attached hydrogens (primary N) is 1. The molecular weight excluding hydrogens is 272 g/mol. The Labute approximate surface area is 124 Å². The first-order valence-corrected chi connectivity index (χ1v) is 9.69. The molecule has 118 valence electrons. The highest BCUT2D eigenvalue weighted by molar-refractivity contribution is 7.91. The normalized spacial score (nSPS) is 35.9. The maximum Gasteiger partial charge on any atom is 0.152 e. The fourth-order valence-electron chi connectivity index (χ4n) is 3.78. The van der Waals surface area contributed by atoms with Crippen molar-refractivity contribution in [1.29, 1.82) is 0 Å². The smallest absolute Gasteiger partial charge is 0.152 e. The van der Waals surface area contributed by atoms with E-state index >= 15 is 0 Å². The second-order valence-corrected chi connectivity index (χ2v) is 9.93. The minimum atomic E-state index is -2.79. The third kappa shape index (κ3) is 3.74. The van der Waals surface area contributed by atoms with Crippen LogP contribution in [0.2, 0.25) is 0 Å². The Kier molecular flexibility index (Phi) is 4.82. The SMILES string of the molecule is CC(C)(C)C1CCC(CN)C(N2CCS(=O)(=O)CC2)C1. The van der Waals surface area contributed by atoms with E-state index in [1.54, 1.807) is 0 Å². The highest BCUT2D eigenvalue weighted by Crippen LogP contribution is 2.41. The molecule has 3 unspecified atom stereocenters. The number of rotatable bonds is 2. The van der Waals surface area contributed by atoms with Crippen LogP contribution in [-0.4, -0.2) is 50.5 Å². The molecule has 0 bridgehead atoms. The summed E-state index contributed by atoms with van der Waals surface area (Å²) in [6.45, 7) is 9.07. The van der Waals surface area contributed by atoms with Gasteiger partial charge in [-0.1, -0.05) is 20.8 Å². The van der Waals surface area contributed by atoms with Crippen molar-refractivity contribution >= 4 is 9.84 Å². The van der Waals surface area contributed by atoms with Crippen molar-refractivity contribution in [2.75, 3.05) is 31.1 Å². The van der Waals surface area contributed by atoms with Gasteiger partial charge in [-0.25, -0.2) is 8.42 Å². The van der Waals surface area contributed by atoms with Gasteiger partial charge in [-0.05, 0) is 43.1 Å². The molecule has 20 heavy (non-hydrogen) atoms. The van der Waals surface area contributed by atoms with Gasteiger partial charge >= 0.3 is 0 Å². The van der Waals surface area contributed by atoms with E-state index < -0.39 is 9.84 Å². The minimum Gasteiger partial charge on any atom is -0.330 e. The molecule has 2 N–H and O–H groups in total. The lowest BCUT2D eigenvalue weighted by molar-refractivity contribution is 0.0497. The summed E-state index contributed by atoms with van der Waals surface area (Å²) in [4.78, 5) is 2.40. The monoisotopic (exact) mass is 302 g/mol. The Bertz CT molecular complexity index is 414. The van der Waals surface area contributed by atoms with Gasteiger partial charge in [0.2, 0.25) is 0 Å². The predicted octanol–water partition coefficient (Wildman–Crippen LogP) is 1.51. The van der Waals surface area contributed by atoms with Gasteiger partial charge in [0.05, 0.1) is 11.5 Å². The van der Waals surface area contributed by atoms with Crippen molar-refractivity contribution in [1.82, 2.24) is 4.90 Å². The van der Waals surface area contributed by atoms with Crippen molar-refractivity contribution in [2.45, 2.75) is 46.1 Å². The summed E-state index contributed by atoms with van der Waals surface area (Å²) in [6, 6.07) is 0.480. The third-order valence-electron chi connectivity index (χ3n) is 5.33. The Hall–Kier alpha value is -0.130. The molecule has 2 aliphatic rings. The molecule has 1 saturated carbocycles. The Morgan fingerprint density at radius 3 is 2.25 bits per heavy atom. The Morgan fingerprint density at radius 1 is 1.15 bits per heavy atom. The Morgan fingerprint density at radius 2 is 1.75 bits per heavy atom. The van der Waals surface area contributed by atoms with Crippen molar-refractivity contribution in [2.24, 2.45) is 23.0 Å². The number of sulfone groups is 1. The van der Waals surface area contributed by atoms with E-state index in [2.05, 4.69) is 25.7 Å². The molecule has 0 aromatic carbocycles. The lowest BCUT2D eigenvalue weighted by Gasteiger charge is -2.47. The van der Waals surface area contributed by atoms with Crippen LogP contribution in [0, 0.1) is 17.3 Å². The average Bonchev–Trinajstić information content (AvgIpc) is 2.37. The lowest BCUT2D eigenvalue weighted by atomic mass is 9.67. The number of hydrogen-bond donors (Lipinski definition) is 1. The maximum atomic E-state index is 11.6. The summed E-state index contributed by atoms with van der Waals surface area (Å²) in [7, 11) is -2.79. The van der Waals surface area contributed by atoms with Gasteiger partial charge in [0.15, 0.2) is 9.84 Å². The van der Waals surface area contributed by atoms with Crippen LogP contribution in [0.5, 0.6) is 0 Å². The molecule has 1 saturated heterocycles. The highest BCUT2D eigenvalue weighted by atomic mass is 32.2. The van der Waals surface area contributed by atoms with Crippen LogP contribution in [-0.2, 0) is 9.84 Å². The molecule has 1 aliphatic heterocycles. The van der Waals surface area contributed by atoms with Gasteiger partial charge in [-0.3, -0.25) is 4.90 Å². The van der Waals surface area contributed by atoms with Gasteiger partial charge < -0.3 is 5.73 Å². The molecule has 1 heterocycles. The van der Waals surface area contributed by atoms with E-state index in [-0.39, 0.29) is 0 Å². The summed E-state index contributed by atoms with van der Waals surface area (Å²) in [5.41, 5.74) is 6.30. The first-order chi connectivity index (χ1) is 9.23. The molecule has 4 nitrogen and oxygen atoms in total. The zero-order valence-corrected chi connectivity index (χ0v) is 14.0. The fourth-order valence-corrected chi connectivity index (χ4v) is 5.01. The summed E-state index contributed by atoms with van der Waals surface area (Å²) < 4.78 is 23.2. The summed E-state index contributed by atoms with van der Waals surface area (Å²) >= 11 is 0. The van der Waals surface area contributed by atoms with Crippen molar-refractivity contribution in [3.63, 3.8) is 0 Å². The fraction of sp³-hybridized carbons (Fsp3) is 1.00. The van der Waals surface area contributed by atoms with Crippen LogP contribution in [0.25, 0.3) is 0 Å². The molecule has 0 radical (unpaired) electrons. The first kappa shape index (κ1) is 16.2. The maximum absolute atomic E-state index is 11.6. The van der Waals surface area contributed by atoms with E-state index in [0.717, 1.165) is 6.54 Å². The van der Waals surface area contributed by atoms with Gasteiger partial charge in [-0.2, -0.15) is 0 Å². The molecule has 3 atom stereocenters. The molecule has 0 aromatic heterocycles. The summed E-state index contributed by atoms with van der Waals surface area (Å²) in [6.07, 6.45) is 3.62. The highest BCUT2D eigenvalue weighted by Gasteiger charge is 2.39. The summed E-state index contributed by atoms with van der Waals surface area (Å²) in [5, 5.41) is 0. The second-order valence-electron chi connectivity index (χ2n) is 7.63. The molecule has 0 amide bonds. The van der Waals surface area contributed by atoms with E-state index in [0.29, 0.717) is 47.9 Å². The van der Waals surface area contributed by atoms with E-state index in [1.165, 1.54) is 19.3 Å². The van der Waals surface area contributed by atoms with Crippen LogP contribution in [0.15, 0.2) is 0 Å².